The van der Waals surface area contributed by atoms with Gasteiger partial charge in [0, 0.05) is 19.6 Å². The maximum absolute atomic E-state index is 13.0. The predicted molar refractivity (Wildman–Crippen MR) is 62.9 cm³/mol. The van der Waals surface area contributed by atoms with Gasteiger partial charge in [0.05, 0.1) is 5.92 Å². The highest BCUT2D eigenvalue weighted by atomic mass is 19.4. The van der Waals surface area contributed by atoms with E-state index in [4.69, 9.17) is 5.11 Å². The van der Waals surface area contributed by atoms with Crippen LogP contribution in [0.25, 0.3) is 0 Å². The van der Waals surface area contributed by atoms with E-state index in [1.165, 1.54) is 0 Å². The number of alkyl halides is 3. The maximum atomic E-state index is 13.0. The van der Waals surface area contributed by atoms with Crippen LogP contribution < -0.4 is 0 Å². The fourth-order valence-electron chi connectivity index (χ4n) is 2.92. The van der Waals surface area contributed by atoms with Gasteiger partial charge in [-0.05, 0) is 26.4 Å². The van der Waals surface area contributed by atoms with E-state index >= 15 is 0 Å². The number of carboxylic acids is 1. The van der Waals surface area contributed by atoms with E-state index in [2.05, 4.69) is 0 Å². The molecule has 5 nitrogen and oxygen atoms in total. The van der Waals surface area contributed by atoms with Crippen LogP contribution in [-0.4, -0.2) is 66.2 Å². The zero-order valence-electron chi connectivity index (χ0n) is 11.1. The summed E-state index contributed by atoms with van der Waals surface area (Å²) in [5, 5.41) is 8.94. The molecule has 1 N–H and O–H groups in total. The smallest absolute Gasteiger partial charge is 0.406 e. The Labute approximate surface area is 114 Å². The summed E-state index contributed by atoms with van der Waals surface area (Å²) in [5.41, 5.74) is -2.81. The molecule has 2 atom stereocenters. The van der Waals surface area contributed by atoms with Gasteiger partial charge in [0.25, 0.3) is 0 Å². The van der Waals surface area contributed by atoms with Gasteiger partial charge in [0.15, 0.2) is 5.41 Å². The fourth-order valence-corrected chi connectivity index (χ4v) is 2.92. The quantitative estimate of drug-likeness (QED) is 0.818. The molecule has 0 saturated carbocycles. The van der Waals surface area contributed by atoms with Gasteiger partial charge in [-0.3, -0.25) is 9.59 Å². The molecule has 114 valence electrons. The Balaban J connectivity index is 2.11. The van der Waals surface area contributed by atoms with E-state index in [-0.39, 0.29) is 18.4 Å². The van der Waals surface area contributed by atoms with Gasteiger partial charge in [-0.1, -0.05) is 0 Å². The molecule has 2 saturated heterocycles. The molecule has 0 aromatic heterocycles. The Bertz CT molecular complexity index is 427. The lowest BCUT2D eigenvalue weighted by atomic mass is 9.86. The Kier molecular flexibility index (Phi) is 3.70. The van der Waals surface area contributed by atoms with Crippen molar-refractivity contribution in [3.8, 4) is 0 Å². The van der Waals surface area contributed by atoms with Crippen LogP contribution in [-0.2, 0) is 9.59 Å². The summed E-state index contributed by atoms with van der Waals surface area (Å²) in [7, 11) is 1.84. The number of amides is 1. The number of carbonyl (C=O) groups excluding carboxylic acids is 1. The Morgan fingerprint density at radius 1 is 1.30 bits per heavy atom. The summed E-state index contributed by atoms with van der Waals surface area (Å²) < 4.78 is 39.0. The number of carbonyl (C=O) groups is 2. The van der Waals surface area contributed by atoms with E-state index in [1.54, 1.807) is 0 Å². The third kappa shape index (κ3) is 2.36. The lowest BCUT2D eigenvalue weighted by Gasteiger charge is -2.28. The molecule has 2 unspecified atom stereocenters. The second kappa shape index (κ2) is 4.91. The van der Waals surface area contributed by atoms with Gasteiger partial charge >= 0.3 is 12.1 Å². The van der Waals surface area contributed by atoms with Gasteiger partial charge in [0.2, 0.25) is 5.91 Å². The molecule has 2 fully saturated rings. The predicted octanol–water partition coefficient (Wildman–Crippen LogP) is 0.804. The van der Waals surface area contributed by atoms with Crippen molar-refractivity contribution in [3.05, 3.63) is 0 Å². The molecule has 2 aliphatic heterocycles. The first kappa shape index (κ1) is 15.1. The molecule has 20 heavy (non-hydrogen) atoms. The number of aliphatic carboxylic acids is 1. The van der Waals surface area contributed by atoms with Gasteiger partial charge in [-0.25, -0.2) is 0 Å². The monoisotopic (exact) mass is 294 g/mol. The van der Waals surface area contributed by atoms with E-state index < -0.39 is 30.5 Å². The van der Waals surface area contributed by atoms with Crippen LogP contribution in [0.15, 0.2) is 0 Å². The van der Waals surface area contributed by atoms with E-state index in [1.807, 2.05) is 11.9 Å². The highest BCUT2D eigenvalue weighted by Gasteiger charge is 2.64. The average molecular weight is 294 g/mol. The zero-order chi connectivity index (χ0) is 15.1. The Morgan fingerprint density at radius 2 is 1.95 bits per heavy atom. The fraction of sp³-hybridized carbons (Fsp3) is 0.833. The SMILES string of the molecule is CN1CCC(C(=O)N2CCC(C(=O)O)(C(F)(F)F)C2)C1. The molecule has 0 aliphatic carbocycles. The van der Waals surface area contributed by atoms with E-state index in [0.717, 1.165) is 11.4 Å². The minimum Gasteiger partial charge on any atom is -0.481 e. The summed E-state index contributed by atoms with van der Waals surface area (Å²) in [6.07, 6.45) is -4.81. The first-order valence-electron chi connectivity index (χ1n) is 6.45. The molecule has 1 amide bonds. The largest absolute Gasteiger partial charge is 0.481 e. The van der Waals surface area contributed by atoms with Crippen molar-refractivity contribution in [2.75, 3.05) is 33.2 Å². The number of nitrogens with zero attached hydrogens (tertiary/aromatic N) is 2. The molecule has 2 heterocycles. The van der Waals surface area contributed by atoms with Gasteiger partial charge in [0.1, 0.15) is 0 Å². The number of hydrogen-bond donors (Lipinski definition) is 1. The van der Waals surface area contributed by atoms with Gasteiger partial charge in [-0.15, -0.1) is 0 Å². The van der Waals surface area contributed by atoms with E-state index in [9.17, 15) is 22.8 Å². The molecule has 0 aromatic rings. The lowest BCUT2D eigenvalue weighted by Crippen LogP contribution is -2.48. The first-order chi connectivity index (χ1) is 9.17. The van der Waals surface area contributed by atoms with Gasteiger partial charge in [-0.2, -0.15) is 13.2 Å². The average Bonchev–Trinajstić information content (AvgIpc) is 2.93. The molecule has 2 aliphatic rings. The molecule has 0 bridgehead atoms. The number of hydrogen-bond acceptors (Lipinski definition) is 3. The maximum Gasteiger partial charge on any atom is 0.406 e. The molecule has 0 radical (unpaired) electrons. The summed E-state index contributed by atoms with van der Waals surface area (Å²) in [4.78, 5) is 26.2. The lowest BCUT2D eigenvalue weighted by molar-refractivity contribution is -0.227. The minimum absolute atomic E-state index is 0.148. The number of likely N-dealkylation sites (tertiary alicyclic amines) is 2. The van der Waals surface area contributed by atoms with Crippen LogP contribution in [0, 0.1) is 11.3 Å². The standard InChI is InChI=1S/C12H17F3N2O3/c1-16-4-2-8(6-16)9(18)17-5-3-11(7-17,10(19)20)12(13,14)15/h8H,2-7H2,1H3,(H,19,20). The number of halogens is 3. The Hall–Kier alpha value is -1.31. The van der Waals surface area contributed by atoms with Crippen LogP contribution in [0.3, 0.4) is 0 Å². The molecule has 0 spiro atoms. The zero-order valence-corrected chi connectivity index (χ0v) is 11.1. The first-order valence-corrected chi connectivity index (χ1v) is 6.45. The topological polar surface area (TPSA) is 60.9 Å². The third-order valence-corrected chi connectivity index (χ3v) is 4.27. The summed E-state index contributed by atoms with van der Waals surface area (Å²) in [6.45, 7) is 0.324. The number of rotatable bonds is 2. The Morgan fingerprint density at radius 3 is 2.35 bits per heavy atom. The van der Waals surface area contributed by atoms with Crippen LogP contribution in [0.1, 0.15) is 12.8 Å². The molecular weight excluding hydrogens is 277 g/mol. The van der Waals surface area contributed by atoms with E-state index in [0.29, 0.717) is 13.0 Å². The summed E-state index contributed by atoms with van der Waals surface area (Å²) >= 11 is 0. The van der Waals surface area contributed by atoms with Crippen LogP contribution in [0.5, 0.6) is 0 Å². The van der Waals surface area contributed by atoms with Gasteiger partial charge < -0.3 is 14.9 Å². The third-order valence-electron chi connectivity index (χ3n) is 4.27. The number of carboxylic acid groups (broad SMARTS) is 1. The molecule has 2 rings (SSSR count). The summed E-state index contributed by atoms with van der Waals surface area (Å²) in [6, 6.07) is 0. The van der Waals surface area contributed by atoms with Crippen LogP contribution >= 0.6 is 0 Å². The van der Waals surface area contributed by atoms with Crippen molar-refractivity contribution >= 4 is 11.9 Å². The summed E-state index contributed by atoms with van der Waals surface area (Å²) in [5.74, 6) is -2.58. The van der Waals surface area contributed by atoms with Crippen molar-refractivity contribution in [1.82, 2.24) is 9.80 Å². The highest BCUT2D eigenvalue weighted by molar-refractivity contribution is 5.83. The van der Waals surface area contributed by atoms with Crippen molar-refractivity contribution < 1.29 is 27.9 Å². The molecule has 8 heteroatoms. The minimum atomic E-state index is -4.85. The second-order valence-corrected chi connectivity index (χ2v) is 5.64. The normalized spacial score (nSPS) is 31.8. The highest BCUT2D eigenvalue weighted by Crippen LogP contribution is 2.46. The van der Waals surface area contributed by atoms with Crippen LogP contribution in [0.4, 0.5) is 13.2 Å². The van der Waals surface area contributed by atoms with Crippen molar-refractivity contribution in [1.29, 1.82) is 0 Å². The molecular formula is C12H17F3N2O3. The van der Waals surface area contributed by atoms with Crippen molar-refractivity contribution in [2.45, 2.75) is 19.0 Å². The second-order valence-electron chi connectivity index (χ2n) is 5.64. The van der Waals surface area contributed by atoms with Crippen molar-refractivity contribution in [2.24, 2.45) is 11.3 Å². The van der Waals surface area contributed by atoms with Crippen LogP contribution in [0.2, 0.25) is 0 Å². The molecule has 0 aromatic carbocycles. The van der Waals surface area contributed by atoms with Crippen molar-refractivity contribution in [3.63, 3.8) is 0 Å².